The van der Waals surface area contributed by atoms with Gasteiger partial charge >= 0.3 is 0 Å². The molecule has 1 heterocycles. The highest BCUT2D eigenvalue weighted by Crippen LogP contribution is 2.46. The van der Waals surface area contributed by atoms with Crippen molar-refractivity contribution in [3.63, 3.8) is 0 Å². The SMILES string of the molecule is OC(CCN1CCC2(CCCC2)CC1)c1ccccc1F. The fourth-order valence-electron chi connectivity index (χ4n) is 4.08. The summed E-state index contributed by atoms with van der Waals surface area (Å²) in [7, 11) is 0. The van der Waals surface area contributed by atoms with Gasteiger partial charge in [0.2, 0.25) is 0 Å². The number of piperidine rings is 1. The van der Waals surface area contributed by atoms with Crippen molar-refractivity contribution in [2.24, 2.45) is 5.41 Å². The minimum Gasteiger partial charge on any atom is -0.388 e. The molecule has 1 saturated heterocycles. The van der Waals surface area contributed by atoms with E-state index in [1.165, 1.54) is 44.6 Å². The van der Waals surface area contributed by atoms with Crippen molar-refractivity contribution in [2.45, 2.75) is 51.0 Å². The highest BCUT2D eigenvalue weighted by molar-refractivity contribution is 5.19. The molecule has 116 valence electrons. The predicted molar refractivity (Wildman–Crippen MR) is 82.6 cm³/mol. The molecule has 3 rings (SSSR count). The van der Waals surface area contributed by atoms with Gasteiger partial charge in [-0.1, -0.05) is 31.0 Å². The van der Waals surface area contributed by atoms with Crippen LogP contribution in [-0.2, 0) is 0 Å². The largest absolute Gasteiger partial charge is 0.388 e. The third-order valence-electron chi connectivity index (χ3n) is 5.56. The Labute approximate surface area is 127 Å². The molecule has 0 radical (unpaired) electrons. The van der Waals surface area contributed by atoms with Crippen molar-refractivity contribution in [3.8, 4) is 0 Å². The first kappa shape index (κ1) is 15.0. The van der Waals surface area contributed by atoms with E-state index in [-0.39, 0.29) is 5.82 Å². The van der Waals surface area contributed by atoms with Gasteiger partial charge in [-0.15, -0.1) is 0 Å². The maximum absolute atomic E-state index is 13.6. The fraction of sp³-hybridized carbons (Fsp3) is 0.667. The van der Waals surface area contributed by atoms with Crippen LogP contribution < -0.4 is 0 Å². The van der Waals surface area contributed by atoms with E-state index in [4.69, 9.17) is 0 Å². The van der Waals surface area contributed by atoms with Gasteiger partial charge in [0.15, 0.2) is 0 Å². The summed E-state index contributed by atoms with van der Waals surface area (Å²) in [6.07, 6.45) is 8.20. The molecule has 1 aromatic rings. The van der Waals surface area contributed by atoms with Gasteiger partial charge in [0.05, 0.1) is 6.10 Å². The summed E-state index contributed by atoms with van der Waals surface area (Å²) in [6, 6.07) is 6.55. The molecule has 1 aliphatic carbocycles. The van der Waals surface area contributed by atoms with Gasteiger partial charge in [0.1, 0.15) is 5.82 Å². The molecule has 1 aromatic carbocycles. The number of nitrogens with zero attached hydrogens (tertiary/aromatic N) is 1. The molecule has 0 amide bonds. The summed E-state index contributed by atoms with van der Waals surface area (Å²) in [6.45, 7) is 3.15. The van der Waals surface area contributed by atoms with Gasteiger partial charge in [-0.25, -0.2) is 4.39 Å². The van der Waals surface area contributed by atoms with Crippen molar-refractivity contribution in [1.82, 2.24) is 4.90 Å². The van der Waals surface area contributed by atoms with Crippen LogP contribution in [-0.4, -0.2) is 29.6 Å². The molecule has 3 heteroatoms. The van der Waals surface area contributed by atoms with Crippen LogP contribution >= 0.6 is 0 Å². The first-order valence-corrected chi connectivity index (χ1v) is 8.33. The number of likely N-dealkylation sites (tertiary alicyclic amines) is 1. The Morgan fingerprint density at radius 1 is 1.10 bits per heavy atom. The molecule has 2 fully saturated rings. The number of hydrogen-bond donors (Lipinski definition) is 1. The first-order valence-electron chi connectivity index (χ1n) is 8.33. The summed E-state index contributed by atoms with van der Waals surface area (Å²) in [4.78, 5) is 2.44. The zero-order chi connectivity index (χ0) is 14.7. The Kier molecular flexibility index (Phi) is 4.60. The second-order valence-corrected chi connectivity index (χ2v) is 6.87. The highest BCUT2D eigenvalue weighted by atomic mass is 19.1. The number of rotatable bonds is 4. The minimum absolute atomic E-state index is 0.298. The lowest BCUT2D eigenvalue weighted by molar-refractivity contribution is 0.0861. The lowest BCUT2D eigenvalue weighted by Crippen LogP contribution is -2.39. The van der Waals surface area contributed by atoms with Crippen molar-refractivity contribution in [2.75, 3.05) is 19.6 Å². The van der Waals surface area contributed by atoms with E-state index in [1.54, 1.807) is 18.2 Å². The van der Waals surface area contributed by atoms with Crippen molar-refractivity contribution in [3.05, 3.63) is 35.6 Å². The Morgan fingerprint density at radius 3 is 2.43 bits per heavy atom. The molecular weight excluding hydrogens is 265 g/mol. The van der Waals surface area contributed by atoms with E-state index in [2.05, 4.69) is 4.90 Å². The zero-order valence-electron chi connectivity index (χ0n) is 12.7. The van der Waals surface area contributed by atoms with Crippen LogP contribution in [0.3, 0.4) is 0 Å². The third kappa shape index (κ3) is 3.46. The van der Waals surface area contributed by atoms with E-state index < -0.39 is 6.10 Å². The second-order valence-electron chi connectivity index (χ2n) is 6.87. The summed E-state index contributed by atoms with van der Waals surface area (Å²) in [5.41, 5.74) is 1.07. The van der Waals surface area contributed by atoms with Crippen molar-refractivity contribution >= 4 is 0 Å². The summed E-state index contributed by atoms with van der Waals surface area (Å²) < 4.78 is 13.6. The van der Waals surface area contributed by atoms with E-state index >= 15 is 0 Å². The zero-order valence-corrected chi connectivity index (χ0v) is 12.7. The normalized spacial score (nSPS) is 23.5. The minimum atomic E-state index is -0.687. The van der Waals surface area contributed by atoms with Crippen LogP contribution in [0.2, 0.25) is 0 Å². The molecule has 21 heavy (non-hydrogen) atoms. The van der Waals surface area contributed by atoms with E-state index in [9.17, 15) is 9.50 Å². The molecule has 0 bridgehead atoms. The Hall–Kier alpha value is -0.930. The second kappa shape index (κ2) is 6.45. The van der Waals surface area contributed by atoms with Crippen LogP contribution in [0, 0.1) is 11.2 Å². The van der Waals surface area contributed by atoms with Crippen LogP contribution in [0.25, 0.3) is 0 Å². The molecule has 1 atom stereocenters. The predicted octanol–water partition coefficient (Wildman–Crippen LogP) is 3.91. The van der Waals surface area contributed by atoms with E-state index in [0.29, 0.717) is 17.4 Å². The number of aliphatic hydroxyl groups is 1. The van der Waals surface area contributed by atoms with Crippen LogP contribution in [0.15, 0.2) is 24.3 Å². The molecule has 0 aromatic heterocycles. The topological polar surface area (TPSA) is 23.5 Å². The van der Waals surface area contributed by atoms with Gasteiger partial charge in [0.25, 0.3) is 0 Å². The molecule has 2 nitrogen and oxygen atoms in total. The van der Waals surface area contributed by atoms with Gasteiger partial charge in [-0.3, -0.25) is 0 Å². The molecule has 1 unspecified atom stereocenters. The van der Waals surface area contributed by atoms with E-state index in [1.807, 2.05) is 0 Å². The highest BCUT2D eigenvalue weighted by Gasteiger charge is 2.36. The Balaban J connectivity index is 1.47. The van der Waals surface area contributed by atoms with Gasteiger partial charge < -0.3 is 10.0 Å². The summed E-state index contributed by atoms with van der Waals surface area (Å²) in [5, 5.41) is 10.2. The molecule has 1 saturated carbocycles. The van der Waals surface area contributed by atoms with Crippen molar-refractivity contribution < 1.29 is 9.50 Å². The maximum atomic E-state index is 13.6. The Bertz CT molecular complexity index is 460. The quantitative estimate of drug-likeness (QED) is 0.909. The standard InChI is InChI=1S/C18H26FNO/c19-16-6-2-1-5-15(16)17(21)7-12-20-13-10-18(11-14-20)8-3-4-9-18/h1-2,5-6,17,21H,3-4,7-14H2. The molecule has 1 spiro atoms. The molecular formula is C18H26FNO. The van der Waals surface area contributed by atoms with Crippen LogP contribution in [0.1, 0.15) is 56.6 Å². The third-order valence-corrected chi connectivity index (χ3v) is 5.56. The first-order chi connectivity index (χ1) is 10.2. The van der Waals surface area contributed by atoms with Gasteiger partial charge in [-0.2, -0.15) is 0 Å². The van der Waals surface area contributed by atoms with Crippen LogP contribution in [0.5, 0.6) is 0 Å². The summed E-state index contributed by atoms with van der Waals surface area (Å²) in [5.74, 6) is -0.298. The van der Waals surface area contributed by atoms with Crippen LogP contribution in [0.4, 0.5) is 4.39 Å². The van der Waals surface area contributed by atoms with Crippen molar-refractivity contribution in [1.29, 1.82) is 0 Å². The smallest absolute Gasteiger partial charge is 0.128 e. The number of hydrogen-bond acceptors (Lipinski definition) is 2. The van der Waals surface area contributed by atoms with Gasteiger partial charge in [-0.05, 0) is 56.7 Å². The number of aliphatic hydroxyl groups excluding tert-OH is 1. The fourth-order valence-corrected chi connectivity index (χ4v) is 4.08. The maximum Gasteiger partial charge on any atom is 0.128 e. The molecule has 1 N–H and O–H groups in total. The lowest BCUT2D eigenvalue weighted by atomic mass is 9.77. The average molecular weight is 291 g/mol. The number of halogens is 1. The monoisotopic (exact) mass is 291 g/mol. The lowest BCUT2D eigenvalue weighted by Gasteiger charge is -2.39. The Morgan fingerprint density at radius 2 is 1.76 bits per heavy atom. The van der Waals surface area contributed by atoms with Gasteiger partial charge in [0, 0.05) is 12.1 Å². The summed E-state index contributed by atoms with van der Waals surface area (Å²) >= 11 is 0. The average Bonchev–Trinajstić information content (AvgIpc) is 2.95. The molecule has 2 aliphatic rings. The number of benzene rings is 1. The molecule has 1 aliphatic heterocycles. The van der Waals surface area contributed by atoms with E-state index in [0.717, 1.165) is 19.6 Å².